The maximum absolute atomic E-state index is 12.2. The first kappa shape index (κ1) is 12.4. The number of allylic oxidation sites excluding steroid dienone is 1. The van der Waals surface area contributed by atoms with Crippen molar-refractivity contribution in [2.24, 2.45) is 22.7 Å². The quantitative estimate of drug-likeness (QED) is 0.579. The van der Waals surface area contributed by atoms with Crippen LogP contribution in [0.15, 0.2) is 11.6 Å². The van der Waals surface area contributed by atoms with Gasteiger partial charge in [0, 0.05) is 16.9 Å². The SMILES string of the molecule is CC1(C)C[C@H]2C=C(C(=O)O)[C@@H]3COC(=O)[C@@]4(CO4)[C@]23C1. The Balaban J connectivity index is 1.88. The number of esters is 1. The maximum Gasteiger partial charge on any atom is 0.341 e. The van der Waals surface area contributed by atoms with Crippen LogP contribution in [0.2, 0.25) is 0 Å². The summed E-state index contributed by atoms with van der Waals surface area (Å²) < 4.78 is 10.8. The van der Waals surface area contributed by atoms with Gasteiger partial charge in [-0.2, -0.15) is 0 Å². The van der Waals surface area contributed by atoms with Crippen LogP contribution >= 0.6 is 0 Å². The fraction of sp³-hybridized carbons (Fsp3) is 0.733. The molecule has 4 aliphatic rings. The van der Waals surface area contributed by atoms with E-state index >= 15 is 0 Å². The van der Waals surface area contributed by atoms with E-state index in [1.165, 1.54) is 0 Å². The molecule has 2 heterocycles. The van der Waals surface area contributed by atoms with E-state index in [1.54, 1.807) is 0 Å². The molecule has 2 spiro atoms. The van der Waals surface area contributed by atoms with E-state index in [4.69, 9.17) is 9.47 Å². The molecule has 3 fully saturated rings. The molecule has 0 amide bonds. The summed E-state index contributed by atoms with van der Waals surface area (Å²) >= 11 is 0. The lowest BCUT2D eigenvalue weighted by molar-refractivity contribution is -0.174. The number of carbonyl (C=O) groups excluding carboxylic acids is 1. The first-order valence-electron chi connectivity index (χ1n) is 7.09. The Morgan fingerprint density at radius 2 is 2.15 bits per heavy atom. The van der Waals surface area contributed by atoms with Crippen molar-refractivity contribution in [2.75, 3.05) is 13.2 Å². The first-order chi connectivity index (χ1) is 9.32. The first-order valence-corrected chi connectivity index (χ1v) is 7.09. The van der Waals surface area contributed by atoms with Gasteiger partial charge in [0.15, 0.2) is 5.60 Å². The van der Waals surface area contributed by atoms with Gasteiger partial charge in [0.05, 0.1) is 13.2 Å². The number of carboxylic acids is 1. The molecule has 0 unspecified atom stereocenters. The topological polar surface area (TPSA) is 76.1 Å². The van der Waals surface area contributed by atoms with Gasteiger partial charge in [0.2, 0.25) is 0 Å². The number of rotatable bonds is 1. The third-order valence-electron chi connectivity index (χ3n) is 5.73. The number of cyclic esters (lactones) is 1. The lowest BCUT2D eigenvalue weighted by Gasteiger charge is -2.44. The van der Waals surface area contributed by atoms with Crippen molar-refractivity contribution in [3.63, 3.8) is 0 Å². The van der Waals surface area contributed by atoms with Gasteiger partial charge in [-0.05, 0) is 24.2 Å². The number of hydrogen-bond donors (Lipinski definition) is 1. The highest BCUT2D eigenvalue weighted by molar-refractivity contribution is 5.92. The summed E-state index contributed by atoms with van der Waals surface area (Å²) in [4.78, 5) is 23.7. The van der Waals surface area contributed by atoms with Gasteiger partial charge < -0.3 is 14.6 Å². The van der Waals surface area contributed by atoms with Crippen molar-refractivity contribution in [1.29, 1.82) is 0 Å². The second-order valence-electron chi connectivity index (χ2n) is 7.39. The Kier molecular flexibility index (Phi) is 2.03. The number of carbonyl (C=O) groups is 2. The van der Waals surface area contributed by atoms with Crippen molar-refractivity contribution < 1.29 is 24.2 Å². The van der Waals surface area contributed by atoms with Crippen molar-refractivity contribution in [3.05, 3.63) is 11.6 Å². The van der Waals surface area contributed by atoms with Crippen LogP contribution in [0, 0.1) is 22.7 Å². The number of hydrogen-bond acceptors (Lipinski definition) is 4. The molecule has 0 aromatic heterocycles. The normalized spacial score (nSPS) is 47.5. The number of carboxylic acid groups (broad SMARTS) is 1. The second-order valence-corrected chi connectivity index (χ2v) is 7.39. The third kappa shape index (κ3) is 1.18. The molecule has 2 saturated heterocycles. The van der Waals surface area contributed by atoms with E-state index in [2.05, 4.69) is 13.8 Å². The second kappa shape index (κ2) is 3.27. The van der Waals surface area contributed by atoms with Crippen molar-refractivity contribution in [3.8, 4) is 0 Å². The summed E-state index contributed by atoms with van der Waals surface area (Å²) in [5, 5.41) is 9.44. The number of ether oxygens (including phenoxy) is 2. The van der Waals surface area contributed by atoms with E-state index in [9.17, 15) is 14.7 Å². The zero-order valence-corrected chi connectivity index (χ0v) is 11.6. The lowest BCUT2D eigenvalue weighted by atomic mass is 9.61. The highest BCUT2D eigenvalue weighted by atomic mass is 16.6. The molecule has 4 rings (SSSR count). The molecule has 0 aromatic carbocycles. The Morgan fingerprint density at radius 3 is 2.75 bits per heavy atom. The standard InChI is InChI=1S/C15H18O5/c1-13(2)4-8-3-9(11(16)17)10-5-19-12(18)15(7-20-15)14(8,10)6-13/h3,8,10H,4-7H2,1-2H3,(H,16,17)/t8-,10+,14-,15+/m1/s1. The summed E-state index contributed by atoms with van der Waals surface area (Å²) in [5.41, 5.74) is -0.783. The predicted molar refractivity (Wildman–Crippen MR) is 67.8 cm³/mol. The van der Waals surface area contributed by atoms with E-state index in [-0.39, 0.29) is 29.8 Å². The molecule has 20 heavy (non-hydrogen) atoms. The van der Waals surface area contributed by atoms with Crippen LogP contribution < -0.4 is 0 Å². The van der Waals surface area contributed by atoms with Gasteiger partial charge in [-0.15, -0.1) is 0 Å². The molecule has 0 aromatic rings. The molecule has 1 N–H and O–H groups in total. The van der Waals surface area contributed by atoms with Gasteiger partial charge in [-0.3, -0.25) is 0 Å². The number of epoxide rings is 1. The van der Waals surface area contributed by atoms with Crippen LogP contribution in [0.3, 0.4) is 0 Å². The molecule has 2 aliphatic carbocycles. The van der Waals surface area contributed by atoms with Gasteiger partial charge in [0.1, 0.15) is 0 Å². The summed E-state index contributed by atoms with van der Waals surface area (Å²) in [7, 11) is 0. The van der Waals surface area contributed by atoms with Gasteiger partial charge >= 0.3 is 11.9 Å². The van der Waals surface area contributed by atoms with Crippen LogP contribution in [0.1, 0.15) is 26.7 Å². The molecule has 0 bridgehead atoms. The van der Waals surface area contributed by atoms with E-state index < -0.39 is 17.0 Å². The minimum Gasteiger partial charge on any atom is -0.478 e. The lowest BCUT2D eigenvalue weighted by Crippen LogP contribution is -2.56. The summed E-state index contributed by atoms with van der Waals surface area (Å²) in [6.45, 7) is 4.91. The van der Waals surface area contributed by atoms with Crippen molar-refractivity contribution in [2.45, 2.75) is 32.3 Å². The Morgan fingerprint density at radius 1 is 1.45 bits per heavy atom. The fourth-order valence-corrected chi connectivity index (χ4v) is 5.08. The highest BCUT2D eigenvalue weighted by Crippen LogP contribution is 2.71. The smallest absolute Gasteiger partial charge is 0.341 e. The van der Waals surface area contributed by atoms with Crippen LogP contribution in [0.4, 0.5) is 0 Å². The van der Waals surface area contributed by atoms with Crippen LogP contribution in [-0.2, 0) is 19.1 Å². The van der Waals surface area contributed by atoms with Gasteiger partial charge in [-0.1, -0.05) is 19.9 Å². The Hall–Kier alpha value is -1.36. The maximum atomic E-state index is 12.2. The molecular formula is C15H18O5. The van der Waals surface area contributed by atoms with Crippen LogP contribution in [-0.4, -0.2) is 35.9 Å². The summed E-state index contributed by atoms with van der Waals surface area (Å²) in [6, 6.07) is 0. The molecule has 4 atom stereocenters. The van der Waals surface area contributed by atoms with E-state index in [0.717, 1.165) is 12.8 Å². The van der Waals surface area contributed by atoms with Crippen molar-refractivity contribution in [1.82, 2.24) is 0 Å². The number of aliphatic carboxylic acids is 1. The summed E-state index contributed by atoms with van der Waals surface area (Å²) in [5.74, 6) is -1.32. The summed E-state index contributed by atoms with van der Waals surface area (Å²) in [6.07, 6.45) is 3.59. The van der Waals surface area contributed by atoms with E-state index in [1.807, 2.05) is 6.08 Å². The fourth-order valence-electron chi connectivity index (χ4n) is 5.08. The predicted octanol–water partition coefficient (Wildman–Crippen LogP) is 1.38. The average Bonchev–Trinajstić information content (AvgIpc) is 3.01. The minimum absolute atomic E-state index is 0.0972. The molecule has 108 valence electrons. The Bertz CT molecular complexity index is 557. The molecule has 5 nitrogen and oxygen atoms in total. The van der Waals surface area contributed by atoms with Crippen LogP contribution in [0.5, 0.6) is 0 Å². The molecule has 5 heteroatoms. The zero-order chi connectivity index (χ0) is 14.3. The van der Waals surface area contributed by atoms with Gasteiger partial charge in [-0.25, -0.2) is 9.59 Å². The van der Waals surface area contributed by atoms with Crippen molar-refractivity contribution >= 4 is 11.9 Å². The van der Waals surface area contributed by atoms with Gasteiger partial charge in [0.25, 0.3) is 0 Å². The average molecular weight is 278 g/mol. The third-order valence-corrected chi connectivity index (χ3v) is 5.73. The molecular weight excluding hydrogens is 260 g/mol. The monoisotopic (exact) mass is 278 g/mol. The van der Waals surface area contributed by atoms with Crippen LogP contribution in [0.25, 0.3) is 0 Å². The molecule has 0 radical (unpaired) electrons. The molecule has 1 saturated carbocycles. The highest BCUT2D eigenvalue weighted by Gasteiger charge is 2.79. The Labute approximate surface area is 116 Å². The largest absolute Gasteiger partial charge is 0.478 e. The van der Waals surface area contributed by atoms with E-state index in [0.29, 0.717) is 12.2 Å². The molecule has 2 aliphatic heterocycles. The minimum atomic E-state index is -0.893. The zero-order valence-electron chi connectivity index (χ0n) is 11.6.